The van der Waals surface area contributed by atoms with E-state index in [1.165, 1.54) is 11.1 Å². The van der Waals surface area contributed by atoms with E-state index in [0.29, 0.717) is 13.2 Å². The van der Waals surface area contributed by atoms with Crippen LogP contribution in [0, 0.1) is 0 Å². The minimum absolute atomic E-state index is 0.0502. The van der Waals surface area contributed by atoms with Gasteiger partial charge in [0.2, 0.25) is 0 Å². The highest BCUT2D eigenvalue weighted by Gasteiger charge is 2.22. The van der Waals surface area contributed by atoms with Crippen LogP contribution >= 0.6 is 0 Å². The molecular formula is C12H17NO3. The maximum absolute atomic E-state index is 9.04. The Morgan fingerprint density at radius 3 is 2.81 bits per heavy atom. The Balaban J connectivity index is 2.12. The van der Waals surface area contributed by atoms with Crippen molar-refractivity contribution in [3.8, 4) is 0 Å². The van der Waals surface area contributed by atoms with Gasteiger partial charge < -0.3 is 20.3 Å². The van der Waals surface area contributed by atoms with Crippen molar-refractivity contribution in [2.45, 2.75) is 18.7 Å². The van der Waals surface area contributed by atoms with Gasteiger partial charge >= 0.3 is 0 Å². The summed E-state index contributed by atoms with van der Waals surface area (Å²) in [7, 11) is 0. The Bertz CT molecular complexity index is 339. The molecule has 1 heterocycles. The van der Waals surface area contributed by atoms with Crippen molar-refractivity contribution in [3.05, 3.63) is 35.4 Å². The zero-order valence-corrected chi connectivity index (χ0v) is 9.10. The molecule has 1 aromatic rings. The lowest BCUT2D eigenvalue weighted by molar-refractivity contribution is 0.0680. The molecule has 0 fully saturated rings. The zero-order chi connectivity index (χ0) is 11.4. The molecular weight excluding hydrogens is 206 g/mol. The summed E-state index contributed by atoms with van der Waals surface area (Å²) in [6.07, 6.45) is 0. The number of ether oxygens (including phenoxy) is 1. The van der Waals surface area contributed by atoms with Crippen LogP contribution in [0.15, 0.2) is 24.3 Å². The van der Waals surface area contributed by atoms with Crippen LogP contribution in [0.4, 0.5) is 0 Å². The molecule has 1 atom stereocenters. The molecule has 1 aliphatic heterocycles. The number of hydrogen-bond donors (Lipinski definition) is 3. The molecule has 0 bridgehead atoms. The molecule has 4 heteroatoms. The molecule has 0 saturated carbocycles. The van der Waals surface area contributed by atoms with E-state index in [2.05, 4.69) is 11.4 Å². The van der Waals surface area contributed by atoms with E-state index in [1.54, 1.807) is 0 Å². The lowest BCUT2D eigenvalue weighted by atomic mass is 9.98. The average molecular weight is 223 g/mol. The first-order valence-corrected chi connectivity index (χ1v) is 5.48. The molecule has 0 spiro atoms. The monoisotopic (exact) mass is 223 g/mol. The van der Waals surface area contributed by atoms with Crippen LogP contribution in [0.1, 0.15) is 17.2 Å². The molecule has 3 N–H and O–H groups in total. The summed E-state index contributed by atoms with van der Waals surface area (Å²) in [5, 5.41) is 21.3. The molecule has 0 aromatic heterocycles. The molecule has 1 aliphatic rings. The summed E-state index contributed by atoms with van der Waals surface area (Å²) < 4.78 is 5.47. The normalized spacial score (nSPS) is 19.8. The first-order chi connectivity index (χ1) is 7.85. The summed E-state index contributed by atoms with van der Waals surface area (Å²) in [4.78, 5) is 0. The highest BCUT2D eigenvalue weighted by Crippen LogP contribution is 2.24. The van der Waals surface area contributed by atoms with E-state index >= 15 is 0 Å². The van der Waals surface area contributed by atoms with Crippen molar-refractivity contribution in [1.82, 2.24) is 5.32 Å². The highest BCUT2D eigenvalue weighted by molar-refractivity contribution is 5.31. The summed E-state index contributed by atoms with van der Waals surface area (Å²) in [5.74, 6) is 0. The number of nitrogens with one attached hydrogen (secondary N) is 1. The van der Waals surface area contributed by atoms with Crippen molar-refractivity contribution in [1.29, 1.82) is 0 Å². The largest absolute Gasteiger partial charge is 0.395 e. The maximum atomic E-state index is 9.04. The fourth-order valence-corrected chi connectivity index (χ4v) is 1.97. The van der Waals surface area contributed by atoms with Crippen LogP contribution in [0.5, 0.6) is 0 Å². The van der Waals surface area contributed by atoms with E-state index < -0.39 is 0 Å². The smallest absolute Gasteiger partial charge is 0.0721 e. The number of fused-ring (bicyclic) bond motifs is 1. The Labute approximate surface area is 94.9 Å². The van der Waals surface area contributed by atoms with E-state index in [0.717, 1.165) is 0 Å². The fourth-order valence-electron chi connectivity index (χ4n) is 1.97. The molecule has 0 aliphatic carbocycles. The second-order valence-corrected chi connectivity index (χ2v) is 4.00. The number of aliphatic hydroxyl groups excluding tert-OH is 2. The van der Waals surface area contributed by atoms with E-state index in [4.69, 9.17) is 14.9 Å². The molecule has 0 radical (unpaired) electrons. The lowest BCUT2D eigenvalue weighted by Crippen LogP contribution is -2.41. The third kappa shape index (κ3) is 2.41. The lowest BCUT2D eigenvalue weighted by Gasteiger charge is -2.29. The van der Waals surface area contributed by atoms with E-state index in [-0.39, 0.29) is 25.3 Å². The SMILES string of the molecule is OCC(CO)NC1COCc2ccccc21. The summed E-state index contributed by atoms with van der Waals surface area (Å²) >= 11 is 0. The van der Waals surface area contributed by atoms with Crippen LogP contribution in [-0.4, -0.2) is 36.1 Å². The molecule has 88 valence electrons. The Morgan fingerprint density at radius 2 is 2.06 bits per heavy atom. The average Bonchev–Trinajstić information content (AvgIpc) is 2.36. The van der Waals surface area contributed by atoms with Crippen LogP contribution in [0.2, 0.25) is 0 Å². The Kier molecular flexibility index (Phi) is 3.90. The van der Waals surface area contributed by atoms with Crippen molar-refractivity contribution >= 4 is 0 Å². The fraction of sp³-hybridized carbons (Fsp3) is 0.500. The summed E-state index contributed by atoms with van der Waals surface area (Å²) in [5.41, 5.74) is 2.36. The van der Waals surface area contributed by atoms with Gasteiger partial charge in [-0.05, 0) is 11.1 Å². The van der Waals surface area contributed by atoms with Crippen molar-refractivity contribution < 1.29 is 14.9 Å². The predicted molar refractivity (Wildman–Crippen MR) is 59.9 cm³/mol. The topological polar surface area (TPSA) is 61.7 Å². The molecule has 0 amide bonds. The summed E-state index contributed by atoms with van der Waals surface area (Å²) in [6, 6.07) is 7.83. The van der Waals surface area contributed by atoms with E-state index in [9.17, 15) is 0 Å². The standard InChI is InChI=1S/C12H17NO3/c14-5-10(6-15)13-12-8-16-7-9-3-1-2-4-11(9)12/h1-4,10,12-15H,5-8H2. The van der Waals surface area contributed by atoms with Gasteiger partial charge in [0, 0.05) is 0 Å². The molecule has 1 aromatic carbocycles. The third-order valence-corrected chi connectivity index (χ3v) is 2.85. The number of aliphatic hydroxyl groups is 2. The Hall–Kier alpha value is -0.940. The van der Waals surface area contributed by atoms with Crippen LogP contribution in [-0.2, 0) is 11.3 Å². The van der Waals surface area contributed by atoms with Crippen molar-refractivity contribution in [2.75, 3.05) is 19.8 Å². The maximum Gasteiger partial charge on any atom is 0.0721 e. The van der Waals surface area contributed by atoms with Crippen molar-refractivity contribution in [2.24, 2.45) is 0 Å². The second-order valence-electron chi connectivity index (χ2n) is 4.00. The van der Waals surface area contributed by atoms with Gasteiger partial charge in [0.1, 0.15) is 0 Å². The molecule has 16 heavy (non-hydrogen) atoms. The first kappa shape index (κ1) is 11.5. The van der Waals surface area contributed by atoms with Crippen LogP contribution in [0.25, 0.3) is 0 Å². The second kappa shape index (κ2) is 5.41. The van der Waals surface area contributed by atoms with Gasteiger partial charge in [-0.2, -0.15) is 0 Å². The first-order valence-electron chi connectivity index (χ1n) is 5.48. The third-order valence-electron chi connectivity index (χ3n) is 2.85. The van der Waals surface area contributed by atoms with Crippen molar-refractivity contribution in [3.63, 3.8) is 0 Å². The van der Waals surface area contributed by atoms with Gasteiger partial charge in [-0.1, -0.05) is 24.3 Å². The van der Waals surface area contributed by atoms with Gasteiger partial charge in [-0.15, -0.1) is 0 Å². The quantitative estimate of drug-likeness (QED) is 0.682. The zero-order valence-electron chi connectivity index (χ0n) is 9.10. The molecule has 4 nitrogen and oxygen atoms in total. The molecule has 2 rings (SSSR count). The minimum Gasteiger partial charge on any atom is -0.395 e. The minimum atomic E-state index is -0.292. The van der Waals surface area contributed by atoms with Gasteiger partial charge in [-0.3, -0.25) is 0 Å². The van der Waals surface area contributed by atoms with E-state index in [1.807, 2.05) is 18.2 Å². The van der Waals surface area contributed by atoms with Gasteiger partial charge in [0.25, 0.3) is 0 Å². The Morgan fingerprint density at radius 1 is 1.31 bits per heavy atom. The van der Waals surface area contributed by atoms with Gasteiger partial charge in [0.05, 0.1) is 38.5 Å². The van der Waals surface area contributed by atoms with Crippen LogP contribution in [0.3, 0.4) is 0 Å². The van der Waals surface area contributed by atoms with Gasteiger partial charge in [-0.25, -0.2) is 0 Å². The molecule has 0 saturated heterocycles. The summed E-state index contributed by atoms with van der Waals surface area (Å²) in [6.45, 7) is 1.06. The van der Waals surface area contributed by atoms with Crippen LogP contribution < -0.4 is 5.32 Å². The molecule has 1 unspecified atom stereocenters. The van der Waals surface area contributed by atoms with Gasteiger partial charge in [0.15, 0.2) is 0 Å². The predicted octanol–water partition coefficient (Wildman–Crippen LogP) is 0.201. The number of benzene rings is 1. The highest BCUT2D eigenvalue weighted by atomic mass is 16.5. The number of hydrogen-bond acceptors (Lipinski definition) is 4. The number of rotatable bonds is 4.